The number of aromatic nitrogens is 2. The first kappa shape index (κ1) is 13.6. The number of nitrogens with zero attached hydrogens (tertiary/aromatic N) is 2. The number of nitrogens with two attached hydrogens (primary N) is 1. The van der Waals surface area contributed by atoms with Crippen molar-refractivity contribution < 1.29 is 0 Å². The van der Waals surface area contributed by atoms with Crippen LogP contribution in [0, 0.1) is 0 Å². The average Bonchev–Trinajstić information content (AvgIpc) is 2.78. The van der Waals surface area contributed by atoms with E-state index >= 15 is 0 Å². The van der Waals surface area contributed by atoms with Crippen molar-refractivity contribution in [3.8, 4) is 11.4 Å². The van der Waals surface area contributed by atoms with E-state index in [0.29, 0.717) is 0 Å². The predicted molar refractivity (Wildman–Crippen MR) is 90.7 cm³/mol. The van der Waals surface area contributed by atoms with Crippen LogP contribution >= 0.6 is 31.9 Å². The Bertz CT molecular complexity index is 793. The molecule has 0 bridgehead atoms. The van der Waals surface area contributed by atoms with E-state index in [9.17, 15) is 0 Å². The number of anilines is 1. The van der Waals surface area contributed by atoms with Crippen molar-refractivity contribution in [3.63, 3.8) is 0 Å². The van der Waals surface area contributed by atoms with E-state index in [2.05, 4.69) is 49.4 Å². The van der Waals surface area contributed by atoms with Gasteiger partial charge < -0.3 is 10.3 Å². The number of nitrogen functional groups attached to an aromatic ring is 1. The first-order valence-electron chi connectivity index (χ1n) is 6.31. The third-order valence-corrected chi connectivity index (χ3v) is 4.27. The van der Waals surface area contributed by atoms with Crippen LogP contribution in [0.2, 0.25) is 0 Å². The lowest BCUT2D eigenvalue weighted by Crippen LogP contribution is -2.00. The molecule has 1 heterocycles. The van der Waals surface area contributed by atoms with Crippen molar-refractivity contribution in [1.82, 2.24) is 9.55 Å². The fourth-order valence-corrected chi connectivity index (χ4v) is 3.06. The molecule has 0 fully saturated rings. The Morgan fingerprint density at radius 2 is 1.80 bits per heavy atom. The molecule has 2 aromatic carbocycles. The predicted octanol–water partition coefficient (Wildman–Crippen LogP) is 4.83. The summed E-state index contributed by atoms with van der Waals surface area (Å²) in [6, 6.07) is 12.0. The highest BCUT2D eigenvalue weighted by Gasteiger charge is 2.14. The number of rotatable bonds is 2. The largest absolute Gasteiger partial charge is 0.398 e. The maximum Gasteiger partial charge on any atom is 0.143 e. The molecule has 0 atom stereocenters. The molecule has 0 aliphatic carbocycles. The lowest BCUT2D eigenvalue weighted by Gasteiger charge is -2.09. The highest BCUT2D eigenvalue weighted by molar-refractivity contribution is 9.10. The van der Waals surface area contributed by atoms with Gasteiger partial charge in [-0.1, -0.05) is 31.9 Å². The molecule has 1 aromatic heterocycles. The van der Waals surface area contributed by atoms with Crippen molar-refractivity contribution >= 4 is 48.6 Å². The van der Waals surface area contributed by atoms with Crippen molar-refractivity contribution in [2.45, 2.75) is 13.5 Å². The Morgan fingerprint density at radius 3 is 2.55 bits per heavy atom. The third kappa shape index (κ3) is 2.25. The van der Waals surface area contributed by atoms with E-state index in [1.807, 2.05) is 30.3 Å². The highest BCUT2D eigenvalue weighted by Crippen LogP contribution is 2.32. The summed E-state index contributed by atoms with van der Waals surface area (Å²) in [5.41, 5.74) is 9.88. The second-order valence-electron chi connectivity index (χ2n) is 4.54. The van der Waals surface area contributed by atoms with Gasteiger partial charge >= 0.3 is 0 Å². The summed E-state index contributed by atoms with van der Waals surface area (Å²) < 4.78 is 4.21. The zero-order chi connectivity index (χ0) is 14.3. The maximum absolute atomic E-state index is 6.11. The Kier molecular flexibility index (Phi) is 3.56. The van der Waals surface area contributed by atoms with Gasteiger partial charge in [0.2, 0.25) is 0 Å². The van der Waals surface area contributed by atoms with E-state index in [-0.39, 0.29) is 0 Å². The lowest BCUT2D eigenvalue weighted by molar-refractivity contribution is 0.796. The van der Waals surface area contributed by atoms with Crippen LogP contribution in [0.25, 0.3) is 22.4 Å². The standard InChI is InChI=1S/C15H13Br2N3/c1-2-20-14-6-4-10(17)8-13(14)19-15(20)11-7-9(16)3-5-12(11)18/h3-8H,2,18H2,1H3. The molecule has 2 N–H and O–H groups in total. The van der Waals surface area contributed by atoms with Crippen LogP contribution in [-0.2, 0) is 6.54 Å². The summed E-state index contributed by atoms with van der Waals surface area (Å²) in [6.07, 6.45) is 0. The number of hydrogen-bond donors (Lipinski definition) is 1. The van der Waals surface area contributed by atoms with Gasteiger partial charge in [-0.3, -0.25) is 0 Å². The van der Waals surface area contributed by atoms with Crippen LogP contribution in [-0.4, -0.2) is 9.55 Å². The van der Waals surface area contributed by atoms with Crippen LogP contribution in [0.3, 0.4) is 0 Å². The van der Waals surface area contributed by atoms with E-state index in [1.54, 1.807) is 0 Å². The SMILES string of the molecule is CCn1c(-c2cc(Br)ccc2N)nc2cc(Br)ccc21. The molecule has 20 heavy (non-hydrogen) atoms. The molecule has 0 radical (unpaired) electrons. The summed E-state index contributed by atoms with van der Waals surface area (Å²) in [7, 11) is 0. The molecule has 3 rings (SSSR count). The maximum atomic E-state index is 6.11. The minimum atomic E-state index is 0.734. The van der Waals surface area contributed by atoms with Crippen LogP contribution < -0.4 is 5.73 Å². The minimum absolute atomic E-state index is 0.734. The van der Waals surface area contributed by atoms with Crippen LogP contribution in [0.5, 0.6) is 0 Å². The first-order valence-corrected chi connectivity index (χ1v) is 7.90. The summed E-state index contributed by atoms with van der Waals surface area (Å²) >= 11 is 6.98. The molecule has 0 amide bonds. The molecule has 102 valence electrons. The lowest BCUT2D eigenvalue weighted by atomic mass is 10.1. The number of aryl methyl sites for hydroxylation is 1. The Hall–Kier alpha value is -1.33. The molecular weight excluding hydrogens is 382 g/mol. The zero-order valence-electron chi connectivity index (χ0n) is 10.9. The average molecular weight is 395 g/mol. The number of imidazole rings is 1. The quantitative estimate of drug-likeness (QED) is 0.632. The molecular formula is C15H13Br2N3. The van der Waals surface area contributed by atoms with Crippen LogP contribution in [0.4, 0.5) is 5.69 Å². The normalized spacial score (nSPS) is 11.2. The van der Waals surface area contributed by atoms with Gasteiger partial charge in [0.25, 0.3) is 0 Å². The first-order chi connectivity index (χ1) is 9.60. The van der Waals surface area contributed by atoms with Crippen molar-refractivity contribution in [2.24, 2.45) is 0 Å². The van der Waals surface area contributed by atoms with Gasteiger partial charge in [0, 0.05) is 26.7 Å². The summed E-state index contributed by atoms with van der Waals surface area (Å²) in [4.78, 5) is 4.75. The van der Waals surface area contributed by atoms with E-state index in [0.717, 1.165) is 43.6 Å². The van der Waals surface area contributed by atoms with E-state index in [4.69, 9.17) is 10.7 Å². The minimum Gasteiger partial charge on any atom is -0.398 e. The Morgan fingerprint density at radius 1 is 1.10 bits per heavy atom. The molecule has 0 aliphatic rings. The van der Waals surface area contributed by atoms with Crippen molar-refractivity contribution in [1.29, 1.82) is 0 Å². The Labute approximate surface area is 134 Å². The van der Waals surface area contributed by atoms with Gasteiger partial charge in [-0.25, -0.2) is 4.98 Å². The molecule has 0 saturated heterocycles. The van der Waals surface area contributed by atoms with E-state index < -0.39 is 0 Å². The van der Waals surface area contributed by atoms with Gasteiger partial charge in [-0.2, -0.15) is 0 Å². The number of halogens is 2. The molecule has 0 spiro atoms. The number of benzene rings is 2. The molecule has 0 saturated carbocycles. The zero-order valence-corrected chi connectivity index (χ0v) is 14.1. The van der Waals surface area contributed by atoms with Crippen LogP contribution in [0.15, 0.2) is 45.3 Å². The van der Waals surface area contributed by atoms with E-state index in [1.165, 1.54) is 0 Å². The van der Waals surface area contributed by atoms with Crippen molar-refractivity contribution in [2.75, 3.05) is 5.73 Å². The monoisotopic (exact) mass is 393 g/mol. The topological polar surface area (TPSA) is 43.8 Å². The van der Waals surface area contributed by atoms with Crippen LogP contribution in [0.1, 0.15) is 6.92 Å². The third-order valence-electron chi connectivity index (χ3n) is 3.28. The smallest absolute Gasteiger partial charge is 0.143 e. The number of fused-ring (bicyclic) bond motifs is 1. The fourth-order valence-electron chi connectivity index (χ4n) is 2.35. The molecule has 0 aliphatic heterocycles. The Balaban J connectivity index is 2.32. The molecule has 3 nitrogen and oxygen atoms in total. The van der Waals surface area contributed by atoms with Crippen molar-refractivity contribution in [3.05, 3.63) is 45.3 Å². The molecule has 5 heteroatoms. The van der Waals surface area contributed by atoms with Gasteiger partial charge in [0.05, 0.1) is 11.0 Å². The second kappa shape index (κ2) is 5.22. The van der Waals surface area contributed by atoms with Gasteiger partial charge in [-0.05, 0) is 43.3 Å². The summed E-state index contributed by atoms with van der Waals surface area (Å²) in [5, 5.41) is 0. The summed E-state index contributed by atoms with van der Waals surface area (Å²) in [5.74, 6) is 0.902. The fraction of sp³-hybridized carbons (Fsp3) is 0.133. The van der Waals surface area contributed by atoms with Gasteiger partial charge in [-0.15, -0.1) is 0 Å². The number of hydrogen-bond acceptors (Lipinski definition) is 2. The second-order valence-corrected chi connectivity index (χ2v) is 6.38. The molecule has 0 unspecified atom stereocenters. The molecule has 3 aromatic rings. The summed E-state index contributed by atoms with van der Waals surface area (Å²) in [6.45, 7) is 2.96. The van der Waals surface area contributed by atoms with Gasteiger partial charge in [0.1, 0.15) is 5.82 Å². The van der Waals surface area contributed by atoms with Gasteiger partial charge in [0.15, 0.2) is 0 Å². The highest BCUT2D eigenvalue weighted by atomic mass is 79.9.